The van der Waals surface area contributed by atoms with E-state index in [9.17, 15) is 4.79 Å². The number of aromatic amines is 2. The van der Waals surface area contributed by atoms with Gasteiger partial charge in [-0.2, -0.15) is 0 Å². The van der Waals surface area contributed by atoms with E-state index in [1.54, 1.807) is 0 Å². The maximum absolute atomic E-state index is 12.5. The summed E-state index contributed by atoms with van der Waals surface area (Å²) in [6.45, 7) is 2.01. The van der Waals surface area contributed by atoms with Crippen LogP contribution in [0, 0.1) is 6.92 Å². The second-order valence-corrected chi connectivity index (χ2v) is 5.45. The highest BCUT2D eigenvalue weighted by molar-refractivity contribution is 6.10. The highest BCUT2D eigenvalue weighted by atomic mass is 16.1. The first-order valence-corrected chi connectivity index (χ1v) is 7.17. The second-order valence-electron chi connectivity index (χ2n) is 5.45. The van der Waals surface area contributed by atoms with Gasteiger partial charge in [0.1, 0.15) is 0 Å². The summed E-state index contributed by atoms with van der Waals surface area (Å²) < 4.78 is 0. The van der Waals surface area contributed by atoms with Crippen molar-refractivity contribution < 1.29 is 4.79 Å². The molecule has 4 aromatic rings. The average molecular weight is 289 g/mol. The van der Waals surface area contributed by atoms with E-state index in [1.165, 1.54) is 0 Å². The van der Waals surface area contributed by atoms with Crippen LogP contribution in [0.15, 0.2) is 54.7 Å². The molecule has 2 heterocycles. The number of benzene rings is 2. The highest BCUT2D eigenvalue weighted by Gasteiger charge is 2.10. The maximum atomic E-state index is 12.5. The fourth-order valence-corrected chi connectivity index (χ4v) is 2.79. The first kappa shape index (κ1) is 12.7. The summed E-state index contributed by atoms with van der Waals surface area (Å²) in [5.41, 5.74) is 4.60. The number of aromatic nitrogens is 2. The van der Waals surface area contributed by atoms with E-state index in [2.05, 4.69) is 15.3 Å². The van der Waals surface area contributed by atoms with Crippen molar-refractivity contribution in [2.75, 3.05) is 5.32 Å². The third-order valence-corrected chi connectivity index (χ3v) is 3.86. The van der Waals surface area contributed by atoms with Gasteiger partial charge < -0.3 is 15.3 Å². The van der Waals surface area contributed by atoms with Crippen molar-refractivity contribution in [1.29, 1.82) is 0 Å². The molecule has 0 aliphatic carbocycles. The molecular weight excluding hydrogens is 274 g/mol. The second kappa shape index (κ2) is 4.77. The molecule has 0 fully saturated rings. The van der Waals surface area contributed by atoms with Crippen LogP contribution in [0.5, 0.6) is 0 Å². The minimum absolute atomic E-state index is 0.102. The minimum atomic E-state index is -0.102. The molecule has 2 aromatic carbocycles. The number of hydrogen-bond donors (Lipinski definition) is 3. The lowest BCUT2D eigenvalue weighted by Gasteiger charge is -2.07. The molecule has 0 aliphatic heterocycles. The van der Waals surface area contributed by atoms with Crippen molar-refractivity contribution in [1.82, 2.24) is 9.97 Å². The Balaban J connectivity index is 1.70. The van der Waals surface area contributed by atoms with Gasteiger partial charge >= 0.3 is 0 Å². The van der Waals surface area contributed by atoms with Crippen molar-refractivity contribution >= 4 is 33.4 Å². The molecule has 0 aliphatic rings. The Bertz CT molecular complexity index is 994. The van der Waals surface area contributed by atoms with Crippen LogP contribution in [0.25, 0.3) is 21.8 Å². The molecule has 0 spiro atoms. The third kappa shape index (κ3) is 2.05. The van der Waals surface area contributed by atoms with Gasteiger partial charge in [-0.25, -0.2) is 0 Å². The highest BCUT2D eigenvalue weighted by Crippen LogP contribution is 2.25. The third-order valence-electron chi connectivity index (χ3n) is 3.86. The van der Waals surface area contributed by atoms with Gasteiger partial charge in [-0.1, -0.05) is 6.07 Å². The number of H-pyrrole nitrogens is 2. The van der Waals surface area contributed by atoms with Crippen LogP contribution in [-0.4, -0.2) is 15.9 Å². The van der Waals surface area contributed by atoms with Gasteiger partial charge in [-0.05, 0) is 49.4 Å². The van der Waals surface area contributed by atoms with Gasteiger partial charge in [-0.15, -0.1) is 0 Å². The molecule has 1 amide bonds. The van der Waals surface area contributed by atoms with Gasteiger partial charge in [0.2, 0.25) is 0 Å². The van der Waals surface area contributed by atoms with Crippen LogP contribution in [0.2, 0.25) is 0 Å². The molecule has 22 heavy (non-hydrogen) atoms. The quantitative estimate of drug-likeness (QED) is 0.508. The molecule has 4 heteroatoms. The minimum Gasteiger partial charge on any atom is -0.361 e. The van der Waals surface area contributed by atoms with Gasteiger partial charge in [-0.3, -0.25) is 4.79 Å². The van der Waals surface area contributed by atoms with E-state index in [-0.39, 0.29) is 5.91 Å². The van der Waals surface area contributed by atoms with E-state index >= 15 is 0 Å². The van der Waals surface area contributed by atoms with Crippen molar-refractivity contribution in [3.63, 3.8) is 0 Å². The van der Waals surface area contributed by atoms with Crippen molar-refractivity contribution in [3.8, 4) is 0 Å². The number of carbonyl (C=O) groups is 1. The summed E-state index contributed by atoms with van der Waals surface area (Å²) in [6.07, 6.45) is 1.87. The molecule has 0 radical (unpaired) electrons. The SMILES string of the molecule is Cc1cc2c(NC(=O)c3ccc4[nH]ccc4c3)cccc2[nH]1. The molecule has 0 saturated heterocycles. The largest absolute Gasteiger partial charge is 0.361 e. The first-order chi connectivity index (χ1) is 10.7. The number of rotatable bonds is 2. The number of hydrogen-bond acceptors (Lipinski definition) is 1. The number of nitrogens with one attached hydrogen (secondary N) is 3. The van der Waals surface area contributed by atoms with Crippen LogP contribution < -0.4 is 5.32 Å². The summed E-state index contributed by atoms with van der Waals surface area (Å²) in [4.78, 5) is 18.9. The zero-order chi connectivity index (χ0) is 15.1. The summed E-state index contributed by atoms with van der Waals surface area (Å²) in [5, 5.41) is 5.06. The molecule has 0 bridgehead atoms. The van der Waals surface area contributed by atoms with Crippen molar-refractivity contribution in [2.24, 2.45) is 0 Å². The van der Waals surface area contributed by atoms with E-state index in [0.717, 1.165) is 33.2 Å². The Morgan fingerprint density at radius 1 is 1.05 bits per heavy atom. The Hall–Kier alpha value is -3.01. The summed E-state index contributed by atoms with van der Waals surface area (Å²) in [5.74, 6) is -0.102. The molecule has 4 nitrogen and oxygen atoms in total. The van der Waals surface area contributed by atoms with E-state index < -0.39 is 0 Å². The lowest BCUT2D eigenvalue weighted by Crippen LogP contribution is -2.11. The fraction of sp³-hybridized carbons (Fsp3) is 0.0556. The zero-order valence-electron chi connectivity index (χ0n) is 12.1. The van der Waals surface area contributed by atoms with Gasteiger partial charge in [0.25, 0.3) is 5.91 Å². The summed E-state index contributed by atoms with van der Waals surface area (Å²) in [6, 6.07) is 15.5. The van der Waals surface area contributed by atoms with Crippen LogP contribution in [-0.2, 0) is 0 Å². The van der Waals surface area contributed by atoms with E-state index in [4.69, 9.17) is 0 Å². The van der Waals surface area contributed by atoms with Crippen LogP contribution in [0.3, 0.4) is 0 Å². The Morgan fingerprint density at radius 2 is 1.95 bits per heavy atom. The fourth-order valence-electron chi connectivity index (χ4n) is 2.79. The number of fused-ring (bicyclic) bond motifs is 2. The van der Waals surface area contributed by atoms with Crippen LogP contribution in [0.4, 0.5) is 5.69 Å². The van der Waals surface area contributed by atoms with Crippen molar-refractivity contribution in [3.05, 3.63) is 66.0 Å². The molecule has 0 saturated carbocycles. The lowest BCUT2D eigenvalue weighted by molar-refractivity contribution is 0.102. The number of amides is 1. The van der Waals surface area contributed by atoms with Gasteiger partial charge in [0.15, 0.2) is 0 Å². The van der Waals surface area contributed by atoms with Gasteiger partial charge in [0, 0.05) is 39.3 Å². The predicted octanol–water partition coefficient (Wildman–Crippen LogP) is 4.21. The molecule has 2 aromatic heterocycles. The Morgan fingerprint density at radius 3 is 2.86 bits per heavy atom. The number of anilines is 1. The molecule has 4 rings (SSSR count). The zero-order valence-corrected chi connectivity index (χ0v) is 12.1. The van der Waals surface area contributed by atoms with E-state index in [1.807, 2.05) is 61.7 Å². The van der Waals surface area contributed by atoms with Crippen molar-refractivity contribution in [2.45, 2.75) is 6.92 Å². The maximum Gasteiger partial charge on any atom is 0.255 e. The Labute approximate surface area is 127 Å². The smallest absolute Gasteiger partial charge is 0.255 e. The predicted molar refractivity (Wildman–Crippen MR) is 89.3 cm³/mol. The average Bonchev–Trinajstić information content (AvgIpc) is 3.12. The molecule has 3 N–H and O–H groups in total. The summed E-state index contributed by atoms with van der Waals surface area (Å²) in [7, 11) is 0. The summed E-state index contributed by atoms with van der Waals surface area (Å²) >= 11 is 0. The lowest BCUT2D eigenvalue weighted by atomic mass is 10.1. The first-order valence-electron chi connectivity index (χ1n) is 7.17. The van der Waals surface area contributed by atoms with Crippen LogP contribution in [0.1, 0.15) is 16.1 Å². The standard InChI is InChI=1S/C18H15N3O/c1-11-9-14-16(20-11)3-2-4-17(14)21-18(22)13-5-6-15-12(10-13)7-8-19-15/h2-10,19-20H,1H3,(H,21,22). The Kier molecular flexibility index (Phi) is 2.76. The van der Waals surface area contributed by atoms with Gasteiger partial charge in [0.05, 0.1) is 5.69 Å². The van der Waals surface area contributed by atoms with Crippen LogP contribution >= 0.6 is 0 Å². The molecule has 0 unspecified atom stereocenters. The van der Waals surface area contributed by atoms with E-state index in [0.29, 0.717) is 5.56 Å². The number of carbonyl (C=O) groups excluding carboxylic acids is 1. The molecule has 0 atom stereocenters. The monoisotopic (exact) mass is 289 g/mol. The topological polar surface area (TPSA) is 60.7 Å². The number of aryl methyl sites for hydroxylation is 1. The molecule has 108 valence electrons. The molecular formula is C18H15N3O. The normalized spacial score (nSPS) is 11.1.